The molecule has 1 aliphatic rings. The van der Waals surface area contributed by atoms with Crippen molar-refractivity contribution in [3.63, 3.8) is 0 Å². The maximum atomic E-state index is 5.77. The van der Waals surface area contributed by atoms with Gasteiger partial charge in [0.15, 0.2) is 6.23 Å². The molecular formula is C19H27NO. The Hall–Kier alpha value is -2.22. The largest absolute Gasteiger partial charge is 0.467 e. The lowest BCUT2D eigenvalue weighted by atomic mass is 10.1. The zero-order chi connectivity index (χ0) is 16.3. The third-order valence-corrected chi connectivity index (χ3v) is 2.63. The molecule has 0 aromatic heterocycles. The average Bonchev–Trinajstić information content (AvgIpc) is 2.49. The van der Waals surface area contributed by atoms with Gasteiger partial charge in [-0.15, -0.1) is 0 Å². The predicted molar refractivity (Wildman–Crippen MR) is 93.6 cm³/mol. The Morgan fingerprint density at radius 1 is 1.29 bits per heavy atom. The number of rotatable bonds is 4. The van der Waals surface area contributed by atoms with E-state index in [2.05, 4.69) is 44.6 Å². The van der Waals surface area contributed by atoms with Gasteiger partial charge in [0.2, 0.25) is 0 Å². The summed E-state index contributed by atoms with van der Waals surface area (Å²) in [6.07, 6.45) is 11.7. The quantitative estimate of drug-likeness (QED) is 0.719. The zero-order valence-electron chi connectivity index (χ0n) is 13.5. The molecule has 1 N–H and O–H groups in total. The van der Waals surface area contributed by atoms with Crippen molar-refractivity contribution in [2.24, 2.45) is 0 Å². The molecule has 0 radical (unpaired) electrons. The molecule has 0 aliphatic carbocycles. The van der Waals surface area contributed by atoms with E-state index >= 15 is 0 Å². The molecule has 0 aromatic rings. The van der Waals surface area contributed by atoms with Crippen molar-refractivity contribution < 1.29 is 4.74 Å². The number of ether oxygens (including phenoxy) is 1. The predicted octanol–water partition coefficient (Wildman–Crippen LogP) is 5.18. The lowest BCUT2D eigenvalue weighted by Crippen LogP contribution is -2.33. The molecule has 0 amide bonds. The minimum atomic E-state index is -0.321. The van der Waals surface area contributed by atoms with Gasteiger partial charge in [-0.25, -0.2) is 0 Å². The molecule has 1 rings (SSSR count). The van der Waals surface area contributed by atoms with Gasteiger partial charge in [0.05, 0.1) is 0 Å². The van der Waals surface area contributed by atoms with E-state index in [0.717, 1.165) is 23.3 Å². The fraction of sp³-hybridized carbons (Fsp3) is 0.263. The van der Waals surface area contributed by atoms with E-state index in [4.69, 9.17) is 4.74 Å². The first kappa shape index (κ1) is 18.8. The van der Waals surface area contributed by atoms with Crippen LogP contribution < -0.4 is 5.32 Å². The van der Waals surface area contributed by atoms with E-state index < -0.39 is 0 Å². The molecule has 2 nitrogen and oxygen atoms in total. The number of hydrogen-bond acceptors (Lipinski definition) is 2. The molecule has 0 bridgehead atoms. The summed E-state index contributed by atoms with van der Waals surface area (Å²) >= 11 is 0. The summed E-state index contributed by atoms with van der Waals surface area (Å²) in [6, 6.07) is 0. The number of nitrogens with one attached hydrogen (secondary N) is 1. The normalized spacial score (nSPS) is 22.0. The van der Waals surface area contributed by atoms with Crippen LogP contribution in [0.15, 0.2) is 85.4 Å². The lowest BCUT2D eigenvalue weighted by molar-refractivity contribution is 0.137. The molecule has 0 saturated carbocycles. The summed E-state index contributed by atoms with van der Waals surface area (Å²) in [4.78, 5) is 0. The average molecular weight is 285 g/mol. The summed E-state index contributed by atoms with van der Waals surface area (Å²) < 4.78 is 5.77. The first-order chi connectivity index (χ1) is 10.1. The van der Waals surface area contributed by atoms with E-state index in [-0.39, 0.29) is 6.23 Å². The van der Waals surface area contributed by atoms with Crippen molar-refractivity contribution in [2.75, 3.05) is 0 Å². The topological polar surface area (TPSA) is 21.3 Å². The summed E-state index contributed by atoms with van der Waals surface area (Å²) in [6.45, 7) is 21.5. The van der Waals surface area contributed by atoms with Gasteiger partial charge < -0.3 is 10.1 Å². The molecule has 1 heterocycles. The summed E-state index contributed by atoms with van der Waals surface area (Å²) in [7, 11) is 0. The highest BCUT2D eigenvalue weighted by Gasteiger charge is 2.17. The van der Waals surface area contributed by atoms with Crippen LogP contribution in [0.3, 0.4) is 0 Å². The van der Waals surface area contributed by atoms with Gasteiger partial charge in [0.25, 0.3) is 0 Å². The number of allylic oxidation sites excluding steroid dienone is 5. The van der Waals surface area contributed by atoms with Crippen LogP contribution in [-0.4, -0.2) is 6.23 Å². The minimum absolute atomic E-state index is 0.321. The third kappa shape index (κ3) is 6.17. The van der Waals surface area contributed by atoms with Crippen molar-refractivity contribution in [1.82, 2.24) is 5.32 Å². The maximum absolute atomic E-state index is 5.77. The highest BCUT2D eigenvalue weighted by molar-refractivity contribution is 5.42. The lowest BCUT2D eigenvalue weighted by Gasteiger charge is -2.26. The monoisotopic (exact) mass is 285 g/mol. The van der Waals surface area contributed by atoms with E-state index in [1.54, 1.807) is 18.2 Å². The first-order valence-corrected chi connectivity index (χ1v) is 7.27. The van der Waals surface area contributed by atoms with Crippen molar-refractivity contribution in [2.45, 2.75) is 33.4 Å². The highest BCUT2D eigenvalue weighted by atomic mass is 16.5. The summed E-state index contributed by atoms with van der Waals surface area (Å²) in [5, 5.41) is 3.29. The Morgan fingerprint density at radius 2 is 1.95 bits per heavy atom. The van der Waals surface area contributed by atoms with Crippen molar-refractivity contribution in [3.8, 4) is 0 Å². The Kier molecular flexibility index (Phi) is 9.44. The Morgan fingerprint density at radius 3 is 2.48 bits per heavy atom. The smallest absolute Gasteiger partial charge is 0.196 e. The molecule has 2 heteroatoms. The first-order valence-electron chi connectivity index (χ1n) is 7.27. The van der Waals surface area contributed by atoms with Crippen LogP contribution in [-0.2, 0) is 4.74 Å². The van der Waals surface area contributed by atoms with Crippen LogP contribution in [0.25, 0.3) is 0 Å². The fourth-order valence-electron chi connectivity index (χ4n) is 1.69. The van der Waals surface area contributed by atoms with Crippen molar-refractivity contribution in [3.05, 3.63) is 85.4 Å². The summed E-state index contributed by atoms with van der Waals surface area (Å²) in [5.41, 5.74) is 2.70. The molecule has 0 aromatic carbocycles. The standard InChI is InChI=1S/C17H21NO.C2H6/c1-6-9-15(8-3)17-18-16(10-7-2)13(4)11-12-14(5)19-17;1-2/h7-12,17-18H,2-6H2,1H3;1-2H3/b12-11-,15-9+,16-10+;. The molecule has 0 fully saturated rings. The van der Waals surface area contributed by atoms with Crippen LogP contribution in [0.2, 0.25) is 0 Å². The Balaban J connectivity index is 0.00000191. The van der Waals surface area contributed by atoms with Gasteiger partial charge in [-0.1, -0.05) is 65.3 Å². The molecular weight excluding hydrogens is 258 g/mol. The van der Waals surface area contributed by atoms with Gasteiger partial charge in [-0.3, -0.25) is 0 Å². The second-order valence-electron chi connectivity index (χ2n) is 4.10. The third-order valence-electron chi connectivity index (χ3n) is 2.63. The van der Waals surface area contributed by atoms with E-state index in [1.807, 2.05) is 26.0 Å². The van der Waals surface area contributed by atoms with E-state index in [1.165, 1.54) is 0 Å². The fourth-order valence-corrected chi connectivity index (χ4v) is 1.69. The van der Waals surface area contributed by atoms with Crippen LogP contribution in [0.1, 0.15) is 27.2 Å². The molecule has 1 unspecified atom stereocenters. The zero-order valence-corrected chi connectivity index (χ0v) is 13.5. The molecule has 1 atom stereocenters. The second kappa shape index (κ2) is 10.6. The van der Waals surface area contributed by atoms with E-state index in [0.29, 0.717) is 5.76 Å². The SMILES string of the molecule is C=C/C=C1/NC(/C(C=C)=C/CC)OC(=C)/C=C\C1=C.CC. The molecule has 0 saturated heterocycles. The van der Waals surface area contributed by atoms with Gasteiger partial charge in [-0.2, -0.15) is 0 Å². The molecule has 114 valence electrons. The minimum Gasteiger partial charge on any atom is -0.467 e. The molecule has 1 aliphatic heterocycles. The van der Waals surface area contributed by atoms with E-state index in [9.17, 15) is 0 Å². The Labute approximate surface area is 129 Å². The van der Waals surface area contributed by atoms with Crippen LogP contribution in [0, 0.1) is 0 Å². The van der Waals surface area contributed by atoms with Gasteiger partial charge in [0.1, 0.15) is 5.76 Å². The van der Waals surface area contributed by atoms with Crippen molar-refractivity contribution in [1.29, 1.82) is 0 Å². The Bertz CT molecular complexity index is 478. The van der Waals surface area contributed by atoms with Gasteiger partial charge in [-0.05, 0) is 30.2 Å². The maximum Gasteiger partial charge on any atom is 0.196 e. The second-order valence-corrected chi connectivity index (χ2v) is 4.10. The van der Waals surface area contributed by atoms with Crippen LogP contribution >= 0.6 is 0 Å². The summed E-state index contributed by atoms with van der Waals surface area (Å²) in [5.74, 6) is 0.583. The van der Waals surface area contributed by atoms with Gasteiger partial charge >= 0.3 is 0 Å². The van der Waals surface area contributed by atoms with Crippen LogP contribution in [0.4, 0.5) is 0 Å². The molecule has 21 heavy (non-hydrogen) atoms. The van der Waals surface area contributed by atoms with Crippen LogP contribution in [0.5, 0.6) is 0 Å². The number of hydrogen-bond donors (Lipinski definition) is 1. The molecule has 0 spiro atoms. The van der Waals surface area contributed by atoms with Gasteiger partial charge in [0, 0.05) is 11.3 Å². The van der Waals surface area contributed by atoms with Crippen molar-refractivity contribution >= 4 is 0 Å². The highest BCUT2D eigenvalue weighted by Crippen LogP contribution is 2.19.